The average molecular weight is 459 g/mol. The van der Waals surface area contributed by atoms with Crippen molar-refractivity contribution < 1.29 is 22.7 Å². The minimum absolute atomic E-state index is 0.0701. The van der Waals surface area contributed by atoms with E-state index >= 15 is 0 Å². The Labute approximate surface area is 185 Å². The van der Waals surface area contributed by atoms with Gasteiger partial charge in [-0.1, -0.05) is 0 Å². The largest absolute Gasteiger partial charge is 0.495 e. The minimum Gasteiger partial charge on any atom is -0.495 e. The SMILES string of the molecule is COc1ccc(S(=O)(=O)N2CCOCC2)cc1NC(=O)c1ccc(-n2cnnn2)c(C)c1. The Balaban J connectivity index is 1.60. The number of hydrogen-bond donors (Lipinski definition) is 1. The number of hydrogen-bond acceptors (Lipinski definition) is 8. The Kier molecular flexibility index (Phi) is 6.17. The number of aryl methyl sites for hydroxylation is 1. The molecule has 4 rings (SSSR count). The van der Waals surface area contributed by atoms with Gasteiger partial charge in [0, 0.05) is 18.7 Å². The van der Waals surface area contributed by atoms with Crippen molar-refractivity contribution in [2.24, 2.45) is 0 Å². The van der Waals surface area contributed by atoms with Gasteiger partial charge in [-0.05, 0) is 59.3 Å². The molecule has 1 N–H and O–H groups in total. The van der Waals surface area contributed by atoms with E-state index in [0.717, 1.165) is 11.3 Å². The second-order valence-electron chi connectivity index (χ2n) is 7.09. The molecule has 1 saturated heterocycles. The number of tetrazole rings is 1. The Hall–Kier alpha value is -3.35. The van der Waals surface area contributed by atoms with Crippen molar-refractivity contribution in [3.05, 3.63) is 53.9 Å². The van der Waals surface area contributed by atoms with Crippen LogP contribution < -0.4 is 10.1 Å². The molecular weight excluding hydrogens is 436 g/mol. The van der Waals surface area contributed by atoms with Gasteiger partial charge in [-0.3, -0.25) is 4.79 Å². The number of anilines is 1. The van der Waals surface area contributed by atoms with Crippen LogP contribution in [0.2, 0.25) is 0 Å². The van der Waals surface area contributed by atoms with Crippen LogP contribution in [0.3, 0.4) is 0 Å². The van der Waals surface area contributed by atoms with Gasteiger partial charge in [-0.15, -0.1) is 5.10 Å². The predicted molar refractivity (Wildman–Crippen MR) is 114 cm³/mol. The topological polar surface area (TPSA) is 129 Å². The highest BCUT2D eigenvalue weighted by molar-refractivity contribution is 7.89. The first-order valence-corrected chi connectivity index (χ1v) is 11.3. The lowest BCUT2D eigenvalue weighted by atomic mass is 10.1. The zero-order chi connectivity index (χ0) is 22.7. The predicted octanol–water partition coefficient (Wildman–Crippen LogP) is 1.25. The van der Waals surface area contributed by atoms with Gasteiger partial charge < -0.3 is 14.8 Å². The van der Waals surface area contributed by atoms with Crippen molar-refractivity contribution in [2.45, 2.75) is 11.8 Å². The maximum absolute atomic E-state index is 13.0. The van der Waals surface area contributed by atoms with Crippen LogP contribution in [0.25, 0.3) is 5.69 Å². The fourth-order valence-corrected chi connectivity index (χ4v) is 4.84. The molecule has 0 radical (unpaired) electrons. The molecule has 1 aliphatic rings. The van der Waals surface area contributed by atoms with E-state index in [9.17, 15) is 13.2 Å². The minimum atomic E-state index is -3.72. The van der Waals surface area contributed by atoms with E-state index in [1.807, 2.05) is 6.92 Å². The fraction of sp³-hybridized carbons (Fsp3) is 0.300. The first-order valence-electron chi connectivity index (χ1n) is 9.81. The van der Waals surface area contributed by atoms with Gasteiger partial charge in [0.2, 0.25) is 10.0 Å². The number of morpholine rings is 1. The van der Waals surface area contributed by atoms with Crippen molar-refractivity contribution in [2.75, 3.05) is 38.7 Å². The summed E-state index contributed by atoms with van der Waals surface area (Å²) in [6, 6.07) is 9.47. The van der Waals surface area contributed by atoms with Gasteiger partial charge in [0.15, 0.2) is 0 Å². The molecule has 1 fully saturated rings. The van der Waals surface area contributed by atoms with Gasteiger partial charge >= 0.3 is 0 Å². The van der Waals surface area contributed by atoms with Crippen LogP contribution in [0.5, 0.6) is 5.75 Å². The normalized spacial score (nSPS) is 14.8. The van der Waals surface area contributed by atoms with E-state index in [2.05, 4.69) is 20.8 Å². The van der Waals surface area contributed by atoms with E-state index in [1.54, 1.807) is 18.2 Å². The molecule has 11 nitrogen and oxygen atoms in total. The standard InChI is InChI=1S/C20H22N6O5S/c1-14-11-15(3-5-18(14)26-13-21-23-24-26)20(27)22-17-12-16(4-6-19(17)30-2)32(28,29)25-7-9-31-10-8-25/h3-6,11-13H,7-10H2,1-2H3,(H,22,27). The number of carbonyl (C=O) groups is 1. The maximum atomic E-state index is 13.0. The van der Waals surface area contributed by atoms with Gasteiger partial charge in [-0.25, -0.2) is 13.1 Å². The third-order valence-corrected chi connectivity index (χ3v) is 6.98. The van der Waals surface area contributed by atoms with Gasteiger partial charge in [-0.2, -0.15) is 4.31 Å². The summed E-state index contributed by atoms with van der Waals surface area (Å²) in [5.74, 6) is -0.0584. The highest BCUT2D eigenvalue weighted by Crippen LogP contribution is 2.30. The van der Waals surface area contributed by atoms with E-state index in [-0.39, 0.29) is 23.7 Å². The summed E-state index contributed by atoms with van der Waals surface area (Å²) in [5.41, 5.74) is 2.18. The number of nitrogens with one attached hydrogen (secondary N) is 1. The fourth-order valence-electron chi connectivity index (χ4n) is 3.40. The summed E-state index contributed by atoms with van der Waals surface area (Å²) >= 11 is 0. The van der Waals surface area contributed by atoms with Gasteiger partial charge in [0.1, 0.15) is 12.1 Å². The number of rotatable bonds is 6. The number of nitrogens with zero attached hydrogens (tertiary/aromatic N) is 5. The van der Waals surface area contributed by atoms with Gasteiger partial charge in [0.05, 0.1) is 36.6 Å². The third-order valence-electron chi connectivity index (χ3n) is 5.08. The van der Waals surface area contributed by atoms with Crippen LogP contribution in [0, 0.1) is 6.92 Å². The molecule has 0 aliphatic carbocycles. The molecule has 0 saturated carbocycles. The lowest BCUT2D eigenvalue weighted by molar-refractivity contribution is 0.0730. The first-order chi connectivity index (χ1) is 15.4. The van der Waals surface area contributed by atoms with Crippen LogP contribution in [0.1, 0.15) is 15.9 Å². The summed E-state index contributed by atoms with van der Waals surface area (Å²) < 4.78 is 39.4. The zero-order valence-corrected chi connectivity index (χ0v) is 18.4. The van der Waals surface area contributed by atoms with Crippen molar-refractivity contribution in [1.82, 2.24) is 24.5 Å². The van der Waals surface area contributed by atoms with Crippen LogP contribution in [-0.2, 0) is 14.8 Å². The summed E-state index contributed by atoms with van der Waals surface area (Å²) in [6.45, 7) is 3.09. The van der Waals surface area contributed by atoms with E-state index in [4.69, 9.17) is 9.47 Å². The number of amides is 1. The molecule has 1 aliphatic heterocycles. The number of carbonyl (C=O) groups excluding carboxylic acids is 1. The molecule has 0 unspecified atom stereocenters. The van der Waals surface area contributed by atoms with Crippen molar-refractivity contribution in [3.8, 4) is 11.4 Å². The van der Waals surface area contributed by atoms with Crippen LogP contribution in [0.4, 0.5) is 5.69 Å². The molecule has 2 aromatic carbocycles. The molecule has 168 valence electrons. The van der Waals surface area contributed by atoms with E-state index < -0.39 is 15.9 Å². The van der Waals surface area contributed by atoms with Gasteiger partial charge in [0.25, 0.3) is 5.91 Å². The molecular formula is C20H22N6O5S. The summed E-state index contributed by atoms with van der Waals surface area (Å²) in [5, 5.41) is 13.8. The molecule has 0 bridgehead atoms. The molecule has 0 spiro atoms. The maximum Gasteiger partial charge on any atom is 0.255 e. The lowest BCUT2D eigenvalue weighted by Gasteiger charge is -2.26. The summed E-state index contributed by atoms with van der Waals surface area (Å²) in [4.78, 5) is 13.0. The van der Waals surface area contributed by atoms with Crippen molar-refractivity contribution >= 4 is 21.6 Å². The van der Waals surface area contributed by atoms with Crippen molar-refractivity contribution in [3.63, 3.8) is 0 Å². The average Bonchev–Trinajstić information content (AvgIpc) is 3.34. The summed E-state index contributed by atoms with van der Waals surface area (Å²) in [7, 11) is -2.27. The monoisotopic (exact) mass is 458 g/mol. The van der Waals surface area contributed by atoms with E-state index in [0.29, 0.717) is 24.5 Å². The number of aromatic nitrogens is 4. The highest BCUT2D eigenvalue weighted by Gasteiger charge is 2.27. The zero-order valence-electron chi connectivity index (χ0n) is 17.6. The third kappa shape index (κ3) is 4.33. The number of methoxy groups -OCH3 is 1. The van der Waals surface area contributed by atoms with E-state index in [1.165, 1.54) is 40.6 Å². The smallest absolute Gasteiger partial charge is 0.255 e. The molecule has 3 aromatic rings. The number of benzene rings is 2. The Bertz CT molecular complexity index is 1220. The highest BCUT2D eigenvalue weighted by atomic mass is 32.2. The Morgan fingerprint density at radius 3 is 2.59 bits per heavy atom. The molecule has 0 atom stereocenters. The molecule has 12 heteroatoms. The Morgan fingerprint density at radius 1 is 1.16 bits per heavy atom. The number of ether oxygens (including phenoxy) is 2. The van der Waals surface area contributed by atoms with Crippen molar-refractivity contribution in [1.29, 1.82) is 0 Å². The molecule has 1 amide bonds. The second-order valence-corrected chi connectivity index (χ2v) is 9.03. The molecule has 32 heavy (non-hydrogen) atoms. The molecule has 2 heterocycles. The first kappa shape index (κ1) is 21.9. The quantitative estimate of drug-likeness (QED) is 0.584. The lowest BCUT2D eigenvalue weighted by Crippen LogP contribution is -2.40. The second kappa shape index (κ2) is 9.02. The Morgan fingerprint density at radius 2 is 1.94 bits per heavy atom. The van der Waals surface area contributed by atoms with Crippen LogP contribution in [0.15, 0.2) is 47.6 Å². The molecule has 1 aromatic heterocycles. The van der Waals surface area contributed by atoms with Crippen LogP contribution in [-0.4, -0.2) is 72.3 Å². The summed E-state index contributed by atoms with van der Waals surface area (Å²) in [6.07, 6.45) is 1.47. The van der Waals surface area contributed by atoms with Crippen LogP contribution >= 0.6 is 0 Å². The number of sulfonamides is 1.